The molecule has 288 valence electrons. The number of aromatic amines is 1. The fraction of sp³-hybridized carbons (Fsp3) is 0.341. The van der Waals surface area contributed by atoms with E-state index in [1.165, 1.54) is 12.1 Å². The van der Waals surface area contributed by atoms with E-state index in [9.17, 15) is 24.6 Å². The summed E-state index contributed by atoms with van der Waals surface area (Å²) in [5.74, 6) is -0.167. The van der Waals surface area contributed by atoms with Crippen LogP contribution < -0.4 is 21.5 Å². The third-order valence-electron chi connectivity index (χ3n) is 10.4. The molecule has 5 aromatic rings. The standard InChI is InChI=1S/C44H51N5O6/c1-44(2,45-28-39(51)35-17-19-38(50)42-36(35)18-21-41(53)48-42)27-30-10-14-32(15-11-30)46-40(52)20-13-29-12-16-34(31-8-6-5-7-9-31)37(26-29)47-43(54)55-33-22-24-49(3,4)25-23-33/h5-12,14-19,21,26,33,39,45,51H,13,20,22-25,27-28H2,1-4H3,(H3-,46,47,48,50,52,53,54)/p+1/t39-/m0/s1. The zero-order chi connectivity index (χ0) is 39.2. The zero-order valence-electron chi connectivity index (χ0n) is 32.0. The Morgan fingerprint density at radius 1 is 0.909 bits per heavy atom. The molecule has 1 saturated heterocycles. The predicted octanol–water partition coefficient (Wildman–Crippen LogP) is 6.90. The van der Waals surface area contributed by atoms with Gasteiger partial charge >= 0.3 is 6.09 Å². The number of quaternary nitrogens is 1. The van der Waals surface area contributed by atoms with E-state index in [1.54, 1.807) is 12.1 Å². The molecular formula is C44H52N5O6+. The van der Waals surface area contributed by atoms with Crippen LogP contribution >= 0.6 is 0 Å². The van der Waals surface area contributed by atoms with Crippen molar-refractivity contribution in [3.8, 4) is 16.9 Å². The molecule has 1 aliphatic heterocycles. The smallest absolute Gasteiger partial charge is 0.411 e. The summed E-state index contributed by atoms with van der Waals surface area (Å²) in [6.07, 6.45) is 1.63. The summed E-state index contributed by atoms with van der Waals surface area (Å²) in [6, 6.07) is 29.6. The van der Waals surface area contributed by atoms with Crippen molar-refractivity contribution in [3.05, 3.63) is 124 Å². The number of fused-ring (bicyclic) bond motifs is 1. The topological polar surface area (TPSA) is 153 Å². The number of β-amino-alcohol motifs (C(OH)–C–C–N with tert-alkyl or cyclic N) is 1. The van der Waals surface area contributed by atoms with E-state index in [2.05, 4.69) is 48.9 Å². The van der Waals surface area contributed by atoms with Gasteiger partial charge in [0.1, 0.15) is 11.9 Å². The summed E-state index contributed by atoms with van der Waals surface area (Å²) < 4.78 is 6.75. The van der Waals surface area contributed by atoms with Gasteiger partial charge < -0.3 is 35.1 Å². The second kappa shape index (κ2) is 16.9. The van der Waals surface area contributed by atoms with Crippen LogP contribution in [-0.2, 0) is 22.4 Å². The number of aromatic nitrogens is 1. The number of nitrogens with one attached hydrogen (secondary N) is 4. The van der Waals surface area contributed by atoms with Gasteiger partial charge in [-0.3, -0.25) is 14.9 Å². The Kier molecular flexibility index (Phi) is 12.0. The van der Waals surface area contributed by atoms with Gasteiger partial charge in [-0.2, -0.15) is 0 Å². The molecule has 0 saturated carbocycles. The van der Waals surface area contributed by atoms with Gasteiger partial charge in [0.25, 0.3) is 0 Å². The van der Waals surface area contributed by atoms with Crippen molar-refractivity contribution in [1.82, 2.24) is 10.3 Å². The van der Waals surface area contributed by atoms with Gasteiger partial charge in [-0.05, 0) is 79.3 Å². The van der Waals surface area contributed by atoms with Crippen LogP contribution in [0.4, 0.5) is 16.2 Å². The van der Waals surface area contributed by atoms with Crippen molar-refractivity contribution >= 4 is 34.3 Å². The predicted molar refractivity (Wildman–Crippen MR) is 217 cm³/mol. The van der Waals surface area contributed by atoms with Gasteiger partial charge in [0, 0.05) is 54.0 Å². The lowest BCUT2D eigenvalue weighted by molar-refractivity contribution is -0.896. The van der Waals surface area contributed by atoms with Crippen LogP contribution in [0.15, 0.2) is 102 Å². The zero-order valence-corrected chi connectivity index (χ0v) is 32.0. The fourth-order valence-electron chi connectivity index (χ4n) is 7.16. The Morgan fingerprint density at radius 3 is 2.35 bits per heavy atom. The number of carbonyl (C=O) groups excluding carboxylic acids is 2. The van der Waals surface area contributed by atoms with Gasteiger partial charge in [0.2, 0.25) is 11.5 Å². The molecule has 55 heavy (non-hydrogen) atoms. The number of H-pyrrole nitrogens is 1. The molecule has 0 unspecified atom stereocenters. The maximum absolute atomic E-state index is 13.0. The van der Waals surface area contributed by atoms with Crippen LogP contribution in [0.1, 0.15) is 55.9 Å². The number of carbonyl (C=O) groups is 2. The first-order valence-electron chi connectivity index (χ1n) is 18.9. The molecule has 1 atom stereocenters. The first-order chi connectivity index (χ1) is 26.2. The Bertz CT molecular complexity index is 2170. The van der Waals surface area contributed by atoms with Gasteiger partial charge in [-0.1, -0.05) is 60.7 Å². The summed E-state index contributed by atoms with van der Waals surface area (Å²) >= 11 is 0. The van der Waals surface area contributed by atoms with Crippen LogP contribution in [0.3, 0.4) is 0 Å². The van der Waals surface area contributed by atoms with Crippen molar-refractivity contribution in [2.45, 2.75) is 63.7 Å². The van der Waals surface area contributed by atoms with Crippen LogP contribution in [0, 0.1) is 0 Å². The number of rotatable bonds is 13. The van der Waals surface area contributed by atoms with Crippen molar-refractivity contribution in [3.63, 3.8) is 0 Å². The molecule has 2 heterocycles. The highest BCUT2D eigenvalue weighted by atomic mass is 16.6. The number of nitrogens with zero attached hydrogens (tertiary/aromatic N) is 1. The minimum absolute atomic E-state index is 0.0503. The van der Waals surface area contributed by atoms with E-state index >= 15 is 0 Å². The highest BCUT2D eigenvalue weighted by Gasteiger charge is 2.29. The van der Waals surface area contributed by atoms with Crippen LogP contribution in [0.25, 0.3) is 22.0 Å². The minimum Gasteiger partial charge on any atom is -0.506 e. The number of anilines is 2. The van der Waals surface area contributed by atoms with Crippen molar-refractivity contribution in [2.75, 3.05) is 44.4 Å². The molecule has 6 N–H and O–H groups in total. The maximum Gasteiger partial charge on any atom is 0.411 e. The second-order valence-electron chi connectivity index (χ2n) is 15.8. The number of hydrogen-bond acceptors (Lipinski definition) is 7. The lowest BCUT2D eigenvalue weighted by Gasteiger charge is -2.36. The summed E-state index contributed by atoms with van der Waals surface area (Å²) in [5, 5.41) is 31.2. The molecule has 1 aliphatic rings. The van der Waals surface area contributed by atoms with E-state index in [1.807, 2.05) is 72.8 Å². The van der Waals surface area contributed by atoms with Crippen molar-refractivity contribution in [1.29, 1.82) is 0 Å². The Balaban J connectivity index is 1.01. The summed E-state index contributed by atoms with van der Waals surface area (Å²) in [5.41, 5.74) is 5.38. The minimum atomic E-state index is -0.870. The van der Waals surface area contributed by atoms with Gasteiger partial charge in [-0.15, -0.1) is 0 Å². The fourth-order valence-corrected chi connectivity index (χ4v) is 7.16. The van der Waals surface area contributed by atoms with Crippen LogP contribution in [-0.4, -0.2) is 77.1 Å². The largest absolute Gasteiger partial charge is 0.506 e. The monoisotopic (exact) mass is 746 g/mol. The average molecular weight is 747 g/mol. The number of aliphatic hydroxyl groups excluding tert-OH is 1. The van der Waals surface area contributed by atoms with E-state index in [4.69, 9.17) is 4.74 Å². The molecule has 11 heteroatoms. The second-order valence-corrected chi connectivity index (χ2v) is 15.8. The van der Waals surface area contributed by atoms with Crippen LogP contribution in [0.5, 0.6) is 5.75 Å². The first-order valence-corrected chi connectivity index (χ1v) is 18.9. The molecule has 4 aromatic carbocycles. The summed E-state index contributed by atoms with van der Waals surface area (Å²) in [7, 11) is 4.38. The number of ether oxygens (including phenoxy) is 1. The van der Waals surface area contributed by atoms with Gasteiger partial charge in [0.15, 0.2) is 0 Å². The number of phenolic OH excluding ortho intramolecular Hbond substituents is 1. The Morgan fingerprint density at radius 2 is 1.62 bits per heavy atom. The highest BCUT2D eigenvalue weighted by molar-refractivity contribution is 5.93. The quantitative estimate of drug-likeness (QED) is 0.0717. The van der Waals surface area contributed by atoms with E-state index in [-0.39, 0.29) is 41.8 Å². The Hall–Kier alpha value is -5.49. The van der Waals surface area contributed by atoms with Gasteiger partial charge in [0.05, 0.1) is 44.5 Å². The molecule has 11 nitrogen and oxygen atoms in total. The lowest BCUT2D eigenvalue weighted by Crippen LogP contribution is -2.48. The third kappa shape index (κ3) is 10.6. The molecule has 1 fully saturated rings. The van der Waals surface area contributed by atoms with Gasteiger partial charge in [-0.25, -0.2) is 4.79 Å². The number of phenols is 1. The SMILES string of the molecule is CC(C)(Cc1ccc(NC(=O)CCc2ccc(-c3ccccc3)c(NC(=O)OC3CC[N+](C)(C)CC3)c2)cc1)NC[C@H](O)c1ccc(O)c2[nH]c(=O)ccc12. The van der Waals surface area contributed by atoms with Crippen molar-refractivity contribution in [2.24, 2.45) is 0 Å². The number of pyridine rings is 1. The molecule has 1 aromatic heterocycles. The summed E-state index contributed by atoms with van der Waals surface area (Å²) in [4.78, 5) is 40.5. The molecule has 0 bridgehead atoms. The van der Waals surface area contributed by atoms with E-state index in [0.29, 0.717) is 40.7 Å². The van der Waals surface area contributed by atoms with Crippen molar-refractivity contribution < 1.29 is 29.0 Å². The lowest BCUT2D eigenvalue weighted by atomic mass is 9.94. The molecule has 0 spiro atoms. The molecule has 0 radical (unpaired) electrons. The average Bonchev–Trinajstić information content (AvgIpc) is 3.15. The Labute approximate surface area is 322 Å². The number of amides is 2. The number of hydrogen-bond donors (Lipinski definition) is 6. The number of likely N-dealkylation sites (tertiary alicyclic amines) is 1. The number of aromatic hydroxyl groups is 1. The summed E-state index contributed by atoms with van der Waals surface area (Å²) in [6.45, 7) is 6.29. The number of benzene rings is 4. The third-order valence-corrected chi connectivity index (χ3v) is 10.4. The molecule has 2 amide bonds. The van der Waals surface area contributed by atoms with E-state index < -0.39 is 12.2 Å². The first kappa shape index (κ1) is 39.2. The number of piperidine rings is 1. The number of aliphatic hydroxyl groups is 1. The molecular weight excluding hydrogens is 695 g/mol. The number of aryl methyl sites for hydroxylation is 1. The normalized spacial score (nSPS) is 15.0. The van der Waals surface area contributed by atoms with Crippen LogP contribution in [0.2, 0.25) is 0 Å². The van der Waals surface area contributed by atoms with E-state index in [0.717, 1.165) is 52.7 Å². The highest BCUT2D eigenvalue weighted by Crippen LogP contribution is 2.31. The molecule has 0 aliphatic carbocycles. The maximum atomic E-state index is 13.0. The molecule has 6 rings (SSSR count).